The van der Waals surface area contributed by atoms with Crippen LogP contribution < -0.4 is 10.3 Å². The summed E-state index contributed by atoms with van der Waals surface area (Å²) in [5.41, 5.74) is 1.94. The molecule has 3 aromatic rings. The van der Waals surface area contributed by atoms with Crippen LogP contribution in [0.5, 0.6) is 5.75 Å². The van der Waals surface area contributed by atoms with Crippen molar-refractivity contribution in [3.05, 3.63) is 76.3 Å². The van der Waals surface area contributed by atoms with Gasteiger partial charge in [-0.3, -0.25) is 4.79 Å². The third-order valence-corrected chi connectivity index (χ3v) is 3.70. The van der Waals surface area contributed by atoms with E-state index in [4.69, 9.17) is 4.74 Å². The summed E-state index contributed by atoms with van der Waals surface area (Å²) in [6, 6.07) is 16.5. The fourth-order valence-corrected chi connectivity index (χ4v) is 2.45. The van der Waals surface area contributed by atoms with Gasteiger partial charge in [0.05, 0.1) is 7.11 Å². The number of halogens is 1. The van der Waals surface area contributed by atoms with Crippen molar-refractivity contribution in [3.8, 4) is 34.2 Å². The maximum absolute atomic E-state index is 13.1. The maximum atomic E-state index is 13.1. The molecule has 0 spiro atoms. The van der Waals surface area contributed by atoms with Gasteiger partial charge < -0.3 is 9.72 Å². The van der Waals surface area contributed by atoms with Gasteiger partial charge in [-0.25, -0.2) is 4.39 Å². The number of nitriles is 1. The largest absolute Gasteiger partial charge is 0.497 e. The fraction of sp³-hybridized carbons (Fsp3) is 0.0526. The molecule has 0 aliphatic heterocycles. The Labute approximate surface area is 137 Å². The molecule has 0 radical (unpaired) electrons. The highest BCUT2D eigenvalue weighted by Gasteiger charge is 2.12. The molecule has 0 saturated carbocycles. The van der Waals surface area contributed by atoms with Gasteiger partial charge in [-0.1, -0.05) is 12.1 Å². The standard InChI is InChI=1S/C19H13FN2O2/c1-24-15-8-4-13(5-9-15)18-10-16(17(11-21)19(23)22-18)12-2-6-14(20)7-3-12/h2-10H,1H3,(H,22,23). The van der Waals surface area contributed by atoms with E-state index in [1.165, 1.54) is 12.1 Å². The minimum absolute atomic E-state index is 0.00105. The van der Waals surface area contributed by atoms with Crippen molar-refractivity contribution in [1.82, 2.24) is 4.98 Å². The molecule has 118 valence electrons. The van der Waals surface area contributed by atoms with E-state index >= 15 is 0 Å². The number of benzene rings is 2. The molecule has 1 aromatic heterocycles. The Kier molecular flexibility index (Phi) is 4.13. The van der Waals surface area contributed by atoms with Crippen LogP contribution in [0.15, 0.2) is 59.4 Å². The van der Waals surface area contributed by atoms with Crippen molar-refractivity contribution in [2.75, 3.05) is 7.11 Å². The lowest BCUT2D eigenvalue weighted by atomic mass is 9.99. The molecule has 0 aliphatic rings. The zero-order valence-corrected chi connectivity index (χ0v) is 12.8. The number of nitrogens with zero attached hydrogens (tertiary/aromatic N) is 1. The molecule has 0 aliphatic carbocycles. The summed E-state index contributed by atoms with van der Waals surface area (Å²) < 4.78 is 18.3. The van der Waals surface area contributed by atoms with Crippen LogP contribution in [0.3, 0.4) is 0 Å². The summed E-state index contributed by atoms with van der Waals surface area (Å²) in [6.45, 7) is 0. The number of H-pyrrole nitrogens is 1. The number of hydrogen-bond acceptors (Lipinski definition) is 3. The molecule has 1 heterocycles. The summed E-state index contributed by atoms with van der Waals surface area (Å²) in [5.74, 6) is 0.325. The van der Waals surface area contributed by atoms with Crippen molar-refractivity contribution >= 4 is 0 Å². The molecule has 0 amide bonds. The summed E-state index contributed by atoms with van der Waals surface area (Å²) in [7, 11) is 1.57. The van der Waals surface area contributed by atoms with Crippen molar-refractivity contribution in [1.29, 1.82) is 5.26 Å². The van der Waals surface area contributed by atoms with Crippen molar-refractivity contribution in [3.63, 3.8) is 0 Å². The molecule has 0 bridgehead atoms. The van der Waals surface area contributed by atoms with E-state index < -0.39 is 5.56 Å². The average molecular weight is 320 g/mol. The topological polar surface area (TPSA) is 65.9 Å². The number of ether oxygens (including phenoxy) is 1. The first kappa shape index (κ1) is 15.5. The summed E-state index contributed by atoms with van der Waals surface area (Å²) in [5, 5.41) is 9.28. The van der Waals surface area contributed by atoms with Crippen molar-refractivity contribution < 1.29 is 9.13 Å². The molecule has 4 nitrogen and oxygen atoms in total. The van der Waals surface area contributed by atoms with E-state index in [9.17, 15) is 14.4 Å². The highest BCUT2D eigenvalue weighted by atomic mass is 19.1. The molecule has 0 unspecified atom stereocenters. The van der Waals surface area contributed by atoms with Crippen LogP contribution in [0.4, 0.5) is 4.39 Å². The molecule has 0 fully saturated rings. The Morgan fingerprint density at radius 1 is 1.04 bits per heavy atom. The second-order valence-corrected chi connectivity index (χ2v) is 5.15. The van der Waals surface area contributed by atoms with Crippen LogP contribution >= 0.6 is 0 Å². The molecular formula is C19H13FN2O2. The van der Waals surface area contributed by atoms with Gasteiger partial charge in [-0.05, 0) is 53.6 Å². The number of pyridine rings is 1. The van der Waals surface area contributed by atoms with E-state index in [2.05, 4.69) is 4.98 Å². The van der Waals surface area contributed by atoms with Crippen molar-refractivity contribution in [2.45, 2.75) is 0 Å². The highest BCUT2D eigenvalue weighted by molar-refractivity contribution is 5.75. The van der Waals surface area contributed by atoms with Gasteiger partial charge in [0.1, 0.15) is 23.2 Å². The van der Waals surface area contributed by atoms with Crippen LogP contribution in [-0.4, -0.2) is 12.1 Å². The smallest absolute Gasteiger partial charge is 0.266 e. The lowest BCUT2D eigenvalue weighted by molar-refractivity contribution is 0.415. The first-order valence-electron chi connectivity index (χ1n) is 7.20. The summed E-state index contributed by atoms with van der Waals surface area (Å²) in [6.07, 6.45) is 0. The summed E-state index contributed by atoms with van der Waals surface area (Å²) >= 11 is 0. The van der Waals surface area contributed by atoms with Crippen LogP contribution in [0.1, 0.15) is 5.56 Å². The molecule has 3 rings (SSSR count). The van der Waals surface area contributed by atoms with E-state index in [1.54, 1.807) is 37.4 Å². The van der Waals surface area contributed by atoms with Gasteiger partial charge >= 0.3 is 0 Å². The Bertz CT molecular complexity index is 968. The molecular weight excluding hydrogens is 307 g/mol. The van der Waals surface area contributed by atoms with Gasteiger partial charge in [0.15, 0.2) is 0 Å². The van der Waals surface area contributed by atoms with Gasteiger partial charge in [0, 0.05) is 11.3 Å². The second-order valence-electron chi connectivity index (χ2n) is 5.15. The summed E-state index contributed by atoms with van der Waals surface area (Å²) in [4.78, 5) is 15.0. The third kappa shape index (κ3) is 2.90. The molecule has 1 N–H and O–H groups in total. The third-order valence-electron chi connectivity index (χ3n) is 3.70. The first-order chi connectivity index (χ1) is 11.6. The molecule has 0 saturated heterocycles. The van der Waals surface area contributed by atoms with Crippen LogP contribution in [0, 0.1) is 17.1 Å². The Hall–Kier alpha value is -3.39. The van der Waals surface area contributed by atoms with Crippen LogP contribution in [0.25, 0.3) is 22.4 Å². The number of hydrogen-bond donors (Lipinski definition) is 1. The Balaban J connectivity index is 2.17. The van der Waals surface area contributed by atoms with Crippen molar-refractivity contribution in [2.24, 2.45) is 0 Å². The van der Waals surface area contributed by atoms with Crippen LogP contribution in [-0.2, 0) is 0 Å². The fourth-order valence-electron chi connectivity index (χ4n) is 2.45. The van der Waals surface area contributed by atoms with E-state index in [-0.39, 0.29) is 11.4 Å². The maximum Gasteiger partial charge on any atom is 0.266 e. The predicted octanol–water partition coefficient (Wildman–Crippen LogP) is 3.73. The minimum Gasteiger partial charge on any atom is -0.497 e. The van der Waals surface area contributed by atoms with Gasteiger partial charge in [0.25, 0.3) is 5.56 Å². The van der Waals surface area contributed by atoms with Gasteiger partial charge in [-0.2, -0.15) is 5.26 Å². The van der Waals surface area contributed by atoms with E-state index in [0.717, 1.165) is 5.56 Å². The first-order valence-corrected chi connectivity index (χ1v) is 7.20. The SMILES string of the molecule is COc1ccc(-c2cc(-c3ccc(F)cc3)c(C#N)c(=O)[nH]2)cc1. The quantitative estimate of drug-likeness (QED) is 0.799. The number of aromatic amines is 1. The molecule has 5 heteroatoms. The van der Waals surface area contributed by atoms with E-state index in [1.807, 2.05) is 18.2 Å². The van der Waals surface area contributed by atoms with Crippen LogP contribution in [0.2, 0.25) is 0 Å². The van der Waals surface area contributed by atoms with Gasteiger partial charge in [0.2, 0.25) is 0 Å². The monoisotopic (exact) mass is 320 g/mol. The molecule has 2 aromatic carbocycles. The minimum atomic E-state index is -0.481. The number of rotatable bonds is 3. The molecule has 0 atom stereocenters. The average Bonchev–Trinajstić information content (AvgIpc) is 2.62. The molecule has 24 heavy (non-hydrogen) atoms. The number of methoxy groups -OCH3 is 1. The zero-order valence-electron chi connectivity index (χ0n) is 12.8. The van der Waals surface area contributed by atoms with Gasteiger partial charge in [-0.15, -0.1) is 0 Å². The number of nitrogens with one attached hydrogen (secondary N) is 1. The lowest BCUT2D eigenvalue weighted by Crippen LogP contribution is -2.12. The number of aromatic nitrogens is 1. The van der Waals surface area contributed by atoms with E-state index in [0.29, 0.717) is 22.6 Å². The Morgan fingerprint density at radius 2 is 1.67 bits per heavy atom. The lowest BCUT2D eigenvalue weighted by Gasteiger charge is -2.09. The highest BCUT2D eigenvalue weighted by Crippen LogP contribution is 2.27. The Morgan fingerprint density at radius 3 is 2.25 bits per heavy atom. The second kappa shape index (κ2) is 6.39. The predicted molar refractivity (Wildman–Crippen MR) is 89.2 cm³/mol. The zero-order chi connectivity index (χ0) is 17.1. The normalized spacial score (nSPS) is 10.2.